The fourth-order valence-electron chi connectivity index (χ4n) is 4.16. The van der Waals surface area contributed by atoms with E-state index in [1.54, 1.807) is 6.26 Å². The van der Waals surface area contributed by atoms with Crippen molar-refractivity contribution < 1.29 is 9.21 Å². The lowest BCUT2D eigenvalue weighted by atomic mass is 9.91. The number of aromatic nitrogens is 2. The molecule has 4 rings (SSSR count). The molecule has 140 valence electrons. The van der Waals surface area contributed by atoms with Gasteiger partial charge < -0.3 is 14.6 Å². The van der Waals surface area contributed by atoms with Gasteiger partial charge in [-0.15, -0.1) is 0 Å². The van der Waals surface area contributed by atoms with Crippen molar-refractivity contribution in [1.29, 1.82) is 0 Å². The molecule has 0 radical (unpaired) electrons. The molecule has 0 spiro atoms. The van der Waals surface area contributed by atoms with E-state index in [4.69, 9.17) is 9.52 Å². The topological polar surface area (TPSA) is 63.3 Å². The highest BCUT2D eigenvalue weighted by atomic mass is 16.3. The van der Waals surface area contributed by atoms with Gasteiger partial charge in [0.2, 0.25) is 0 Å². The van der Waals surface area contributed by atoms with Gasteiger partial charge in [0.15, 0.2) is 5.69 Å². The van der Waals surface area contributed by atoms with Gasteiger partial charge >= 0.3 is 0 Å². The molecule has 1 amide bonds. The van der Waals surface area contributed by atoms with Gasteiger partial charge in [0.25, 0.3) is 5.91 Å². The number of amides is 1. The zero-order chi connectivity index (χ0) is 17.9. The molecule has 3 heterocycles. The molecule has 6 heteroatoms. The third-order valence-electron chi connectivity index (χ3n) is 5.52. The smallest absolute Gasteiger partial charge is 0.274 e. The first kappa shape index (κ1) is 17.3. The van der Waals surface area contributed by atoms with Gasteiger partial charge in [-0.25, -0.2) is 0 Å². The van der Waals surface area contributed by atoms with Crippen LogP contribution < -0.4 is 5.32 Å². The second-order valence-corrected chi connectivity index (χ2v) is 7.40. The summed E-state index contributed by atoms with van der Waals surface area (Å²) < 4.78 is 7.50. The zero-order valence-electron chi connectivity index (χ0n) is 15.5. The Labute approximate surface area is 154 Å². The van der Waals surface area contributed by atoms with Gasteiger partial charge in [0.05, 0.1) is 12.8 Å². The van der Waals surface area contributed by atoms with Gasteiger partial charge in [-0.1, -0.05) is 6.92 Å². The highest BCUT2D eigenvalue weighted by Gasteiger charge is 2.31. The lowest BCUT2D eigenvalue weighted by molar-refractivity contribution is 0.0784. The second-order valence-electron chi connectivity index (χ2n) is 7.40. The highest BCUT2D eigenvalue weighted by Crippen LogP contribution is 2.27. The third kappa shape index (κ3) is 3.43. The van der Waals surface area contributed by atoms with Crippen LogP contribution in [0.3, 0.4) is 0 Å². The predicted octanol–water partition coefficient (Wildman–Crippen LogP) is 2.77. The molecular formula is C20H28N4O2. The van der Waals surface area contributed by atoms with Gasteiger partial charge in [-0.2, -0.15) is 5.10 Å². The number of carbonyl (C=O) groups is 1. The fraction of sp³-hybridized carbons (Fsp3) is 0.600. The summed E-state index contributed by atoms with van der Waals surface area (Å²) in [6.45, 7) is 5.51. The largest absolute Gasteiger partial charge is 0.468 e. The van der Waals surface area contributed by atoms with Crippen molar-refractivity contribution in [2.24, 2.45) is 0 Å². The van der Waals surface area contributed by atoms with E-state index in [2.05, 4.69) is 16.9 Å². The Kier molecular flexibility index (Phi) is 5.11. The van der Waals surface area contributed by atoms with E-state index in [0.717, 1.165) is 70.5 Å². The van der Waals surface area contributed by atoms with E-state index >= 15 is 0 Å². The van der Waals surface area contributed by atoms with Crippen LogP contribution in [0, 0.1) is 0 Å². The number of furan rings is 1. The number of fused-ring (bicyclic) bond motifs is 1. The first-order valence-corrected chi connectivity index (χ1v) is 9.90. The summed E-state index contributed by atoms with van der Waals surface area (Å²) in [6.07, 6.45) is 7.87. The summed E-state index contributed by atoms with van der Waals surface area (Å²) in [7, 11) is 0. The van der Waals surface area contributed by atoms with Crippen molar-refractivity contribution in [3.63, 3.8) is 0 Å². The van der Waals surface area contributed by atoms with Crippen LogP contribution in [0.1, 0.15) is 60.1 Å². The van der Waals surface area contributed by atoms with E-state index in [9.17, 15) is 4.79 Å². The van der Waals surface area contributed by atoms with Crippen LogP contribution in [0.25, 0.3) is 0 Å². The normalized spacial score (nSPS) is 19.7. The minimum Gasteiger partial charge on any atom is -0.468 e. The summed E-state index contributed by atoms with van der Waals surface area (Å²) in [5.74, 6) is 1.08. The second kappa shape index (κ2) is 7.66. The molecule has 1 saturated heterocycles. The minimum atomic E-state index is 0.125. The predicted molar refractivity (Wildman–Crippen MR) is 99.0 cm³/mol. The molecule has 2 aliphatic rings. The Balaban J connectivity index is 1.53. The van der Waals surface area contributed by atoms with E-state index < -0.39 is 0 Å². The average Bonchev–Trinajstić information content (AvgIpc) is 3.41. The van der Waals surface area contributed by atoms with Crippen molar-refractivity contribution in [2.75, 3.05) is 13.1 Å². The van der Waals surface area contributed by atoms with E-state index in [1.807, 2.05) is 17.0 Å². The average molecular weight is 356 g/mol. The van der Waals surface area contributed by atoms with Crippen molar-refractivity contribution in [1.82, 2.24) is 20.0 Å². The standard InChI is InChI=1S/C20H28N4O2/c1-2-9-24-18-8-7-15(21-14-16-6-5-12-26-16)13-17(18)19(22-24)20(25)23-10-3-4-11-23/h5-6,12,15,21H,2-4,7-11,13-14H2,1H3/t15-/m0/s1. The fourth-order valence-corrected chi connectivity index (χ4v) is 4.16. The first-order valence-electron chi connectivity index (χ1n) is 9.90. The van der Waals surface area contributed by atoms with E-state index in [0.29, 0.717) is 11.7 Å². The maximum Gasteiger partial charge on any atom is 0.274 e. The number of carbonyl (C=O) groups excluding carboxylic acids is 1. The molecule has 0 unspecified atom stereocenters. The molecule has 0 bridgehead atoms. The first-order chi connectivity index (χ1) is 12.8. The molecule has 0 saturated carbocycles. The summed E-state index contributed by atoms with van der Waals surface area (Å²) in [4.78, 5) is 15.0. The Morgan fingerprint density at radius 3 is 2.96 bits per heavy atom. The van der Waals surface area contributed by atoms with Crippen LogP contribution >= 0.6 is 0 Å². The van der Waals surface area contributed by atoms with Crippen LogP contribution in [0.5, 0.6) is 0 Å². The van der Waals surface area contributed by atoms with Crippen molar-refractivity contribution in [2.45, 2.75) is 64.6 Å². The Bertz CT molecular complexity index is 744. The lowest BCUT2D eigenvalue weighted by Crippen LogP contribution is -2.35. The molecule has 2 aromatic heterocycles. The molecule has 2 aromatic rings. The number of aryl methyl sites for hydroxylation is 1. The molecule has 1 fully saturated rings. The van der Waals surface area contributed by atoms with Crippen LogP contribution in [0.2, 0.25) is 0 Å². The molecule has 1 atom stereocenters. The lowest BCUT2D eigenvalue weighted by Gasteiger charge is -2.24. The van der Waals surface area contributed by atoms with Crippen LogP contribution in [0.4, 0.5) is 0 Å². The third-order valence-corrected chi connectivity index (χ3v) is 5.52. The minimum absolute atomic E-state index is 0.125. The molecular weight excluding hydrogens is 328 g/mol. The van der Waals surface area contributed by atoms with Gasteiger partial charge in [-0.3, -0.25) is 9.48 Å². The van der Waals surface area contributed by atoms with Gasteiger partial charge in [0, 0.05) is 36.9 Å². The van der Waals surface area contributed by atoms with Gasteiger partial charge in [-0.05, 0) is 50.7 Å². The van der Waals surface area contributed by atoms with Crippen LogP contribution in [-0.4, -0.2) is 39.7 Å². The number of nitrogens with one attached hydrogen (secondary N) is 1. The number of hydrogen-bond donors (Lipinski definition) is 1. The summed E-state index contributed by atoms with van der Waals surface area (Å²) in [5, 5.41) is 8.34. The summed E-state index contributed by atoms with van der Waals surface area (Å²) >= 11 is 0. The number of rotatable bonds is 6. The number of hydrogen-bond acceptors (Lipinski definition) is 4. The highest BCUT2D eigenvalue weighted by molar-refractivity contribution is 5.94. The van der Waals surface area contributed by atoms with Gasteiger partial charge in [0.1, 0.15) is 5.76 Å². The molecule has 1 aliphatic carbocycles. The van der Waals surface area contributed by atoms with Crippen LogP contribution in [-0.2, 0) is 25.9 Å². The Hall–Kier alpha value is -2.08. The van der Waals surface area contributed by atoms with Crippen molar-refractivity contribution in [3.05, 3.63) is 41.1 Å². The van der Waals surface area contributed by atoms with Crippen molar-refractivity contribution in [3.8, 4) is 0 Å². The number of likely N-dealkylation sites (tertiary alicyclic amines) is 1. The maximum absolute atomic E-state index is 13.0. The number of nitrogens with zero attached hydrogens (tertiary/aromatic N) is 3. The molecule has 1 N–H and O–H groups in total. The van der Waals surface area contributed by atoms with E-state index in [-0.39, 0.29) is 5.91 Å². The molecule has 6 nitrogen and oxygen atoms in total. The maximum atomic E-state index is 13.0. The molecule has 26 heavy (non-hydrogen) atoms. The molecule has 0 aromatic carbocycles. The molecule has 1 aliphatic heterocycles. The Morgan fingerprint density at radius 2 is 2.23 bits per heavy atom. The SMILES string of the molecule is CCCn1nc(C(=O)N2CCCC2)c2c1CC[C@H](NCc1ccco1)C2. The Morgan fingerprint density at radius 1 is 1.38 bits per heavy atom. The zero-order valence-corrected chi connectivity index (χ0v) is 15.5. The quantitative estimate of drug-likeness (QED) is 0.864. The van der Waals surface area contributed by atoms with Crippen LogP contribution in [0.15, 0.2) is 22.8 Å². The summed E-state index contributed by atoms with van der Waals surface area (Å²) in [6, 6.07) is 4.26. The summed E-state index contributed by atoms with van der Waals surface area (Å²) in [5.41, 5.74) is 3.13. The van der Waals surface area contributed by atoms with Crippen molar-refractivity contribution >= 4 is 5.91 Å². The van der Waals surface area contributed by atoms with E-state index in [1.165, 1.54) is 11.3 Å². The monoisotopic (exact) mass is 356 g/mol.